The Bertz CT molecular complexity index is 5700. The van der Waals surface area contributed by atoms with E-state index in [1.54, 1.807) is 22.7 Å². The summed E-state index contributed by atoms with van der Waals surface area (Å²) < 4.78 is 9.16. The van der Waals surface area contributed by atoms with Crippen molar-refractivity contribution >= 4 is 80.2 Å². The van der Waals surface area contributed by atoms with Gasteiger partial charge in [-0.25, -0.2) is 0 Å². The number of carbonyl (C=O) groups is 2. The Morgan fingerprint density at radius 1 is 0.363 bits per heavy atom. The number of hydrogen-bond acceptors (Lipinski definition) is 11. The van der Waals surface area contributed by atoms with Crippen molar-refractivity contribution in [2.45, 2.75) is 278 Å². The Morgan fingerprint density at radius 2 is 0.694 bits per heavy atom. The molecule has 124 heavy (non-hydrogen) atoms. The zero-order chi connectivity index (χ0) is 86.8. The molecule has 4 aliphatic carbocycles. The van der Waals surface area contributed by atoms with Crippen LogP contribution in [0.1, 0.15) is 350 Å². The van der Waals surface area contributed by atoms with Gasteiger partial charge >= 0.3 is 0 Å². The number of carbonyl (C=O) groups excluding carboxylic acids is 2. The lowest BCUT2D eigenvalue weighted by Gasteiger charge is -2.44. The Morgan fingerprint density at radius 3 is 1.04 bits per heavy atom. The molecule has 0 amide bonds. The zero-order valence-corrected chi connectivity index (χ0v) is 78.1. The Hall–Kier alpha value is -9.82. The average Bonchev–Trinajstić information content (AvgIpc) is 1.48. The first kappa shape index (κ1) is 89.0. The highest BCUT2D eigenvalue weighted by atomic mass is 32.1. The second-order valence-corrected chi connectivity index (χ2v) is 41.3. The van der Waals surface area contributed by atoms with Gasteiger partial charge in [0.15, 0.2) is 11.6 Å². The van der Waals surface area contributed by atoms with Gasteiger partial charge in [0.1, 0.15) is 46.8 Å². The zero-order valence-electron chi connectivity index (χ0n) is 74.8. The standard InChI is InChI=1S/C113H122N4O3S4/c1-11-15-19-23-37-77-45-53-83(54-46-77)112(84-55-47-78(48-56-84)38-24-20-16-12-2)95-67-87(65-93-97(81(69-114)70-115)89-41-27-29-43-91(89)102(93)118)121-105(95)108-100(112)99-107(123-108)110-104(120-111(99,63-61-75(9)35-31-33-73(5)6)64-62-76(10)36-32-34-74(7)8)101-109(124-110)106-96(68-88(122-106)66-94-98(82(71-116)72-117)90-42-28-30-44-92(90)103(94)119)113(101,85-57-49-79(50-58-85)39-25-21-17-13-3)86-59-51-80(52-60-86)40-26-22-18-14-4/h27-30,41-60,65-68,73-76H,11-26,31-40,61-64H2,1-10H3. The van der Waals surface area contributed by atoms with Crippen molar-refractivity contribution in [3.8, 4) is 59.3 Å². The molecule has 15 rings (SSSR count). The van der Waals surface area contributed by atoms with E-state index in [0.717, 1.165) is 160 Å². The van der Waals surface area contributed by atoms with Crippen LogP contribution in [0.3, 0.4) is 0 Å². The van der Waals surface area contributed by atoms with E-state index in [1.165, 1.54) is 150 Å². The van der Waals surface area contributed by atoms with Crippen LogP contribution in [0.5, 0.6) is 5.75 Å². The maximum absolute atomic E-state index is 15.2. The smallest absolute Gasteiger partial charge is 0.194 e. The topological polar surface area (TPSA) is 139 Å². The predicted octanol–water partition coefficient (Wildman–Crippen LogP) is 32.1. The summed E-state index contributed by atoms with van der Waals surface area (Å²) in [6.07, 6.45) is 36.9. The summed E-state index contributed by atoms with van der Waals surface area (Å²) >= 11 is 7.24. The number of nitriles is 4. The molecule has 5 aliphatic rings. The van der Waals surface area contributed by atoms with Gasteiger partial charge in [0.25, 0.3) is 0 Å². The highest BCUT2D eigenvalue weighted by Crippen LogP contribution is 2.74. The minimum Gasteiger partial charge on any atom is -0.481 e. The van der Waals surface area contributed by atoms with Gasteiger partial charge in [-0.1, -0.05) is 330 Å². The quantitative estimate of drug-likeness (QED) is 0.0212. The number of unbranched alkanes of at least 4 members (excludes halogenated alkanes) is 12. The van der Waals surface area contributed by atoms with Gasteiger partial charge in [0.05, 0.1) is 40.1 Å². The molecule has 0 saturated carbocycles. The first-order valence-corrected chi connectivity index (χ1v) is 50.2. The number of Topliss-reactive ketones (excluding diaryl/α,β-unsaturated/α-hetero) is 2. The molecular formula is C113H122N4O3S4. The summed E-state index contributed by atoms with van der Waals surface area (Å²) in [5.41, 5.74) is 16.7. The maximum Gasteiger partial charge on any atom is 0.194 e. The Kier molecular flexibility index (Phi) is 28.6. The number of thiophene rings is 4. The SMILES string of the molecule is CCCCCCc1ccc(C2(c3ccc(CCCCCC)cc3)c3cc(C=C4C(=O)c5ccccc5C4=C(C#N)C#N)sc3-c3sc4c(c32)OC(CCC(C)CCCC(C)C)(CCC(C)CCCC(C)C)c2c-4sc3c2C(c2ccc(CCCCCC)cc2)(c2ccc(CCCCCC)cc2)c2cc(C=C4C(=O)c5ccccc5C4=C(C#N)C#N)sc2-3)cc1. The summed E-state index contributed by atoms with van der Waals surface area (Å²) in [5.74, 6) is 2.54. The average molecular weight is 1710 g/mol. The van der Waals surface area contributed by atoms with Crippen LogP contribution in [-0.4, -0.2) is 11.6 Å². The van der Waals surface area contributed by atoms with Gasteiger partial charge in [0, 0.05) is 54.3 Å². The van der Waals surface area contributed by atoms with Gasteiger partial charge in [0.2, 0.25) is 0 Å². The van der Waals surface area contributed by atoms with Gasteiger partial charge in [-0.15, -0.1) is 45.3 Å². The van der Waals surface area contributed by atoms with Crippen LogP contribution in [0.4, 0.5) is 0 Å². The minimum atomic E-state index is -0.960. The molecule has 0 radical (unpaired) electrons. The molecule has 10 aromatic rings. The largest absolute Gasteiger partial charge is 0.481 e. The molecule has 7 nitrogen and oxygen atoms in total. The minimum absolute atomic E-state index is 0.0817. The first-order valence-electron chi connectivity index (χ1n) is 47.0. The summed E-state index contributed by atoms with van der Waals surface area (Å²) in [4.78, 5) is 39.1. The number of benzene rings is 6. The lowest BCUT2D eigenvalue weighted by molar-refractivity contribution is 0.0300. The molecule has 0 bridgehead atoms. The number of aryl methyl sites for hydroxylation is 4. The number of ketones is 2. The molecule has 11 heteroatoms. The molecule has 2 unspecified atom stereocenters. The van der Waals surface area contributed by atoms with Crippen LogP contribution < -0.4 is 4.74 Å². The lowest BCUT2D eigenvalue weighted by atomic mass is 9.64. The maximum atomic E-state index is 15.2. The Labute approximate surface area is 755 Å². The third-order valence-electron chi connectivity index (χ3n) is 27.5. The number of hydrogen-bond donors (Lipinski definition) is 0. The molecule has 6 aromatic carbocycles. The fraction of sp³-hybridized carbons (Fsp3) is 0.416. The number of allylic oxidation sites excluding steroid dienone is 6. The number of ether oxygens (including phenoxy) is 1. The number of fused-ring (bicyclic) bond motifs is 13. The van der Waals surface area contributed by atoms with Crippen LogP contribution in [-0.2, 0) is 42.1 Å². The highest BCUT2D eigenvalue weighted by Gasteiger charge is 2.60. The predicted molar refractivity (Wildman–Crippen MR) is 520 cm³/mol. The van der Waals surface area contributed by atoms with E-state index in [4.69, 9.17) is 4.74 Å². The van der Waals surface area contributed by atoms with Crippen LogP contribution in [0.25, 0.3) is 52.6 Å². The van der Waals surface area contributed by atoms with Crippen LogP contribution in [0.2, 0.25) is 0 Å². The van der Waals surface area contributed by atoms with Crippen molar-refractivity contribution in [3.63, 3.8) is 0 Å². The van der Waals surface area contributed by atoms with Gasteiger partial charge in [-0.05, 0) is 197 Å². The van der Waals surface area contributed by atoms with E-state index >= 15 is 9.59 Å². The van der Waals surface area contributed by atoms with Crippen molar-refractivity contribution in [3.05, 3.63) is 284 Å². The van der Waals surface area contributed by atoms with Crippen LogP contribution in [0.15, 0.2) is 180 Å². The summed E-state index contributed by atoms with van der Waals surface area (Å²) in [6.45, 7) is 23.6. The second kappa shape index (κ2) is 39.8. The summed E-state index contributed by atoms with van der Waals surface area (Å²) in [6, 6.07) is 67.2. The van der Waals surface area contributed by atoms with Crippen molar-refractivity contribution in [1.82, 2.24) is 0 Å². The molecule has 636 valence electrons. The van der Waals surface area contributed by atoms with Crippen molar-refractivity contribution in [2.24, 2.45) is 23.7 Å². The third kappa shape index (κ3) is 17.3. The molecule has 5 heterocycles. The fourth-order valence-electron chi connectivity index (χ4n) is 20.8. The molecule has 4 aromatic heterocycles. The van der Waals surface area contributed by atoms with E-state index in [9.17, 15) is 21.0 Å². The third-order valence-corrected chi connectivity index (χ3v) is 32.5. The van der Waals surface area contributed by atoms with Crippen molar-refractivity contribution in [1.29, 1.82) is 21.0 Å². The number of nitrogens with zero attached hydrogens (tertiary/aromatic N) is 4. The molecule has 0 N–H and O–H groups in total. The lowest BCUT2D eigenvalue weighted by Crippen LogP contribution is -2.41. The molecular weight excluding hydrogens is 1590 g/mol. The summed E-state index contributed by atoms with van der Waals surface area (Å²) in [7, 11) is 0. The van der Waals surface area contributed by atoms with E-state index in [0.29, 0.717) is 68.2 Å². The van der Waals surface area contributed by atoms with Crippen molar-refractivity contribution < 1.29 is 14.3 Å². The van der Waals surface area contributed by atoms with Crippen LogP contribution in [0, 0.1) is 69.0 Å². The van der Waals surface area contributed by atoms with Crippen molar-refractivity contribution in [2.75, 3.05) is 0 Å². The van der Waals surface area contributed by atoms with Crippen LogP contribution >= 0.6 is 45.3 Å². The monoisotopic (exact) mass is 1710 g/mol. The van der Waals surface area contributed by atoms with Gasteiger partial charge in [-0.2, -0.15) is 21.0 Å². The first-order chi connectivity index (χ1) is 60.4. The van der Waals surface area contributed by atoms with Gasteiger partial charge < -0.3 is 4.74 Å². The molecule has 0 fully saturated rings. The van der Waals surface area contributed by atoms with Gasteiger partial charge in [-0.3, -0.25) is 9.59 Å². The molecule has 0 spiro atoms. The Balaban J connectivity index is 1.07. The van der Waals surface area contributed by atoms with E-state index in [1.807, 2.05) is 83.4 Å². The normalized spacial score (nSPS) is 16.5. The summed E-state index contributed by atoms with van der Waals surface area (Å²) in [5, 5.41) is 43.1. The molecule has 1 aliphatic heterocycles. The fourth-order valence-corrected chi connectivity index (χ4v) is 26.3. The highest BCUT2D eigenvalue weighted by molar-refractivity contribution is 7.29. The van der Waals surface area contributed by atoms with E-state index in [2.05, 4.69) is 203 Å². The molecule has 0 saturated heterocycles. The number of rotatable bonds is 40. The molecule has 2 atom stereocenters. The van der Waals surface area contributed by atoms with E-state index < -0.39 is 16.4 Å². The van der Waals surface area contributed by atoms with E-state index in [-0.39, 0.29) is 22.7 Å². The second-order valence-electron chi connectivity index (χ2n) is 37.1.